The van der Waals surface area contributed by atoms with E-state index in [1.165, 1.54) is 7.11 Å². The first-order chi connectivity index (χ1) is 12.6. The van der Waals surface area contributed by atoms with E-state index in [0.717, 1.165) is 5.56 Å². The smallest absolute Gasteiger partial charge is 0.412 e. The maximum atomic E-state index is 12.1. The molecule has 0 radical (unpaired) electrons. The number of hydrogen-bond donors (Lipinski definition) is 1. The van der Waals surface area contributed by atoms with Crippen molar-refractivity contribution >= 4 is 29.4 Å². The van der Waals surface area contributed by atoms with Crippen LogP contribution in [-0.4, -0.2) is 25.3 Å². The molecule has 0 bridgehead atoms. The summed E-state index contributed by atoms with van der Waals surface area (Å²) < 4.78 is 15.7. The van der Waals surface area contributed by atoms with Crippen LogP contribution in [0, 0.1) is 0 Å². The molecule has 0 aliphatic carbocycles. The summed E-state index contributed by atoms with van der Waals surface area (Å²) in [4.78, 5) is 23.9. The highest BCUT2D eigenvalue weighted by Gasteiger charge is 2.28. The van der Waals surface area contributed by atoms with Gasteiger partial charge in [-0.15, -0.1) is 0 Å². The Labute approximate surface area is 156 Å². The van der Waals surface area contributed by atoms with Crippen LogP contribution >= 0.6 is 11.6 Å². The van der Waals surface area contributed by atoms with Crippen LogP contribution in [0.25, 0.3) is 0 Å². The Bertz CT molecular complexity index is 823. The van der Waals surface area contributed by atoms with Crippen molar-refractivity contribution in [2.45, 2.75) is 25.6 Å². The Kier molecular flexibility index (Phi) is 5.63. The quantitative estimate of drug-likeness (QED) is 0.819. The SMILES string of the molecule is COC(=O)[C@@H]1CCc2cccc(NC(=O)OCc3ccccc3Cl)c2O1. The van der Waals surface area contributed by atoms with Crippen molar-refractivity contribution in [2.75, 3.05) is 12.4 Å². The third-order valence-corrected chi connectivity index (χ3v) is 4.42. The monoisotopic (exact) mass is 375 g/mol. The van der Waals surface area contributed by atoms with Gasteiger partial charge in [0.25, 0.3) is 0 Å². The number of fused-ring (bicyclic) bond motifs is 1. The molecule has 0 saturated heterocycles. The van der Waals surface area contributed by atoms with Crippen molar-refractivity contribution in [2.24, 2.45) is 0 Å². The summed E-state index contributed by atoms with van der Waals surface area (Å²) in [5.41, 5.74) is 2.07. The number of halogens is 1. The Hall–Kier alpha value is -2.73. The molecule has 7 heteroatoms. The number of amides is 1. The van der Waals surface area contributed by atoms with Crippen LogP contribution in [0.3, 0.4) is 0 Å². The molecule has 0 fully saturated rings. The van der Waals surface area contributed by atoms with E-state index >= 15 is 0 Å². The predicted octanol–water partition coefficient (Wildman–Crippen LogP) is 3.96. The summed E-state index contributed by atoms with van der Waals surface area (Å²) in [6.07, 6.45) is -0.143. The molecule has 26 heavy (non-hydrogen) atoms. The lowest BCUT2D eigenvalue weighted by molar-refractivity contribution is -0.149. The molecule has 1 heterocycles. The maximum absolute atomic E-state index is 12.1. The van der Waals surface area contributed by atoms with Crippen LogP contribution < -0.4 is 10.1 Å². The average molecular weight is 376 g/mol. The number of para-hydroxylation sites is 1. The van der Waals surface area contributed by atoms with Gasteiger partial charge in [-0.05, 0) is 30.5 Å². The van der Waals surface area contributed by atoms with Crippen LogP contribution in [0.2, 0.25) is 5.02 Å². The van der Waals surface area contributed by atoms with Crippen LogP contribution in [0.1, 0.15) is 17.5 Å². The van der Waals surface area contributed by atoms with Crippen LogP contribution in [0.5, 0.6) is 5.75 Å². The first-order valence-electron chi connectivity index (χ1n) is 8.12. The summed E-state index contributed by atoms with van der Waals surface area (Å²) in [6.45, 7) is 0.0478. The third-order valence-electron chi connectivity index (χ3n) is 4.05. The number of benzene rings is 2. The summed E-state index contributed by atoms with van der Waals surface area (Å²) >= 11 is 6.05. The molecule has 2 aromatic carbocycles. The predicted molar refractivity (Wildman–Crippen MR) is 96.5 cm³/mol. The minimum Gasteiger partial charge on any atom is -0.476 e. The molecule has 1 aliphatic rings. The number of esters is 1. The second-order valence-corrected chi connectivity index (χ2v) is 6.16. The molecule has 1 N–H and O–H groups in total. The number of rotatable bonds is 4. The van der Waals surface area contributed by atoms with Gasteiger partial charge in [0, 0.05) is 10.6 Å². The van der Waals surface area contributed by atoms with Crippen molar-refractivity contribution in [3.05, 3.63) is 58.6 Å². The molecule has 0 saturated carbocycles. The molecule has 0 unspecified atom stereocenters. The normalized spacial score (nSPS) is 15.4. The van der Waals surface area contributed by atoms with Gasteiger partial charge < -0.3 is 14.2 Å². The third kappa shape index (κ3) is 4.08. The molecule has 0 spiro atoms. The fraction of sp³-hybridized carbons (Fsp3) is 0.263. The minimum absolute atomic E-state index is 0.0478. The van der Waals surface area contributed by atoms with E-state index in [4.69, 9.17) is 25.8 Å². The number of hydrogen-bond acceptors (Lipinski definition) is 5. The van der Waals surface area contributed by atoms with E-state index in [2.05, 4.69) is 5.32 Å². The van der Waals surface area contributed by atoms with E-state index < -0.39 is 18.2 Å². The number of carbonyl (C=O) groups excluding carboxylic acids is 2. The van der Waals surface area contributed by atoms with E-state index in [1.807, 2.05) is 18.2 Å². The van der Waals surface area contributed by atoms with Crippen LogP contribution in [-0.2, 0) is 27.3 Å². The highest BCUT2D eigenvalue weighted by Crippen LogP contribution is 2.35. The summed E-state index contributed by atoms with van der Waals surface area (Å²) in [6, 6.07) is 12.5. The van der Waals surface area contributed by atoms with Crippen molar-refractivity contribution in [3.8, 4) is 5.75 Å². The largest absolute Gasteiger partial charge is 0.476 e. The zero-order valence-electron chi connectivity index (χ0n) is 14.2. The van der Waals surface area contributed by atoms with Gasteiger partial charge in [-0.25, -0.2) is 9.59 Å². The van der Waals surface area contributed by atoms with E-state index in [9.17, 15) is 9.59 Å². The second kappa shape index (κ2) is 8.10. The zero-order chi connectivity index (χ0) is 18.5. The van der Waals surface area contributed by atoms with Crippen molar-refractivity contribution in [1.82, 2.24) is 0 Å². The molecule has 1 amide bonds. The van der Waals surface area contributed by atoms with Crippen molar-refractivity contribution < 1.29 is 23.8 Å². The highest BCUT2D eigenvalue weighted by atomic mass is 35.5. The van der Waals surface area contributed by atoms with Crippen molar-refractivity contribution in [1.29, 1.82) is 0 Å². The Morgan fingerprint density at radius 3 is 2.81 bits per heavy atom. The second-order valence-electron chi connectivity index (χ2n) is 5.75. The van der Waals surface area contributed by atoms with Gasteiger partial charge in [0.2, 0.25) is 0 Å². The van der Waals surface area contributed by atoms with Crippen molar-refractivity contribution in [3.63, 3.8) is 0 Å². The molecule has 0 aromatic heterocycles. The van der Waals surface area contributed by atoms with Crippen LogP contribution in [0.4, 0.5) is 10.5 Å². The molecule has 6 nitrogen and oxygen atoms in total. The van der Waals surface area contributed by atoms with Gasteiger partial charge in [0.15, 0.2) is 6.10 Å². The van der Waals surface area contributed by atoms with E-state index in [0.29, 0.717) is 34.9 Å². The molecule has 136 valence electrons. The van der Waals surface area contributed by atoms with Gasteiger partial charge in [-0.1, -0.05) is 41.9 Å². The molecule has 2 aromatic rings. The number of nitrogens with one attached hydrogen (secondary N) is 1. The number of ether oxygens (including phenoxy) is 3. The average Bonchev–Trinajstić information content (AvgIpc) is 2.66. The first kappa shape index (κ1) is 18.1. The fourth-order valence-electron chi connectivity index (χ4n) is 2.71. The molecular formula is C19H18ClNO5. The van der Waals surface area contributed by atoms with Gasteiger partial charge in [0.05, 0.1) is 12.8 Å². The number of carbonyl (C=O) groups is 2. The number of aryl methyl sites for hydroxylation is 1. The minimum atomic E-state index is -0.686. The van der Waals surface area contributed by atoms with Gasteiger partial charge >= 0.3 is 12.1 Å². The standard InChI is InChI=1S/C19H18ClNO5/c1-24-18(22)16-10-9-12-6-4-8-15(17(12)26-16)21-19(23)25-11-13-5-2-3-7-14(13)20/h2-8,16H,9-11H2,1H3,(H,21,23)/t16-/m0/s1. The Balaban J connectivity index is 1.68. The lowest BCUT2D eigenvalue weighted by Crippen LogP contribution is -2.32. The topological polar surface area (TPSA) is 73.9 Å². The lowest BCUT2D eigenvalue weighted by Gasteiger charge is -2.26. The molecule has 3 rings (SSSR count). The summed E-state index contributed by atoms with van der Waals surface area (Å²) in [7, 11) is 1.32. The Morgan fingerprint density at radius 2 is 2.04 bits per heavy atom. The van der Waals surface area contributed by atoms with E-state index in [-0.39, 0.29) is 6.61 Å². The van der Waals surface area contributed by atoms with Crippen LogP contribution in [0.15, 0.2) is 42.5 Å². The van der Waals surface area contributed by atoms with Gasteiger partial charge in [-0.2, -0.15) is 0 Å². The molecule has 1 aliphatic heterocycles. The fourth-order valence-corrected chi connectivity index (χ4v) is 2.90. The lowest BCUT2D eigenvalue weighted by atomic mass is 10.0. The zero-order valence-corrected chi connectivity index (χ0v) is 14.9. The molecular weight excluding hydrogens is 358 g/mol. The highest BCUT2D eigenvalue weighted by molar-refractivity contribution is 6.31. The molecule has 1 atom stereocenters. The maximum Gasteiger partial charge on any atom is 0.412 e. The number of anilines is 1. The van der Waals surface area contributed by atoms with E-state index in [1.54, 1.807) is 24.3 Å². The van der Waals surface area contributed by atoms with Gasteiger partial charge in [0.1, 0.15) is 12.4 Å². The summed E-state index contributed by atoms with van der Waals surface area (Å²) in [5.74, 6) is 0.0237. The first-order valence-corrected chi connectivity index (χ1v) is 8.50. The summed E-state index contributed by atoms with van der Waals surface area (Å²) in [5, 5.41) is 3.19. The number of methoxy groups -OCH3 is 1. The van der Waals surface area contributed by atoms with Gasteiger partial charge in [-0.3, -0.25) is 5.32 Å². The Morgan fingerprint density at radius 1 is 1.23 bits per heavy atom.